The fourth-order valence-corrected chi connectivity index (χ4v) is 3.35. The quantitative estimate of drug-likeness (QED) is 0.856. The second-order valence-electron chi connectivity index (χ2n) is 6.30. The molecule has 0 saturated heterocycles. The molecule has 1 aliphatic rings. The molecule has 0 radical (unpaired) electrons. The minimum atomic E-state index is -0.371. The van der Waals surface area contributed by atoms with Gasteiger partial charge in [0.2, 0.25) is 5.91 Å². The largest absolute Gasteiger partial charge is 0.497 e. The van der Waals surface area contributed by atoms with Gasteiger partial charge in [-0.2, -0.15) is 0 Å². The number of amides is 1. The second-order valence-corrected chi connectivity index (χ2v) is 6.73. The highest BCUT2D eigenvalue weighted by atomic mass is 35.5. The van der Waals surface area contributed by atoms with Crippen LogP contribution in [0.15, 0.2) is 48.5 Å². The van der Waals surface area contributed by atoms with E-state index in [2.05, 4.69) is 5.32 Å². The van der Waals surface area contributed by atoms with Crippen LogP contribution in [0, 0.1) is 0 Å². The van der Waals surface area contributed by atoms with Crippen LogP contribution in [0.1, 0.15) is 30.4 Å². The molecule has 0 heterocycles. The van der Waals surface area contributed by atoms with Gasteiger partial charge in [0.1, 0.15) is 5.75 Å². The van der Waals surface area contributed by atoms with Gasteiger partial charge in [0.25, 0.3) is 0 Å². The van der Waals surface area contributed by atoms with Crippen molar-refractivity contribution in [2.75, 3.05) is 13.7 Å². The Morgan fingerprint density at radius 2 is 1.79 bits per heavy atom. The molecule has 4 heteroatoms. The number of carbonyl (C=O) groups is 1. The predicted octanol–water partition coefficient (Wildman–Crippen LogP) is 4.13. The number of hydrogen-bond acceptors (Lipinski definition) is 2. The molecule has 3 nitrogen and oxygen atoms in total. The lowest BCUT2D eigenvalue weighted by molar-refractivity contribution is -0.129. The van der Waals surface area contributed by atoms with Crippen molar-refractivity contribution in [3.8, 4) is 5.75 Å². The van der Waals surface area contributed by atoms with E-state index >= 15 is 0 Å². The maximum Gasteiger partial charge on any atom is 0.230 e. The Labute approximate surface area is 148 Å². The molecule has 1 N–H and O–H groups in total. The van der Waals surface area contributed by atoms with Crippen molar-refractivity contribution < 1.29 is 9.53 Å². The average molecular weight is 344 g/mol. The third-order valence-corrected chi connectivity index (χ3v) is 5.15. The van der Waals surface area contributed by atoms with Crippen molar-refractivity contribution in [1.29, 1.82) is 0 Å². The normalized spacial score (nSPS) is 15.4. The molecule has 0 spiro atoms. The Balaban J connectivity index is 1.59. The zero-order valence-corrected chi connectivity index (χ0v) is 14.6. The molecule has 0 atom stereocenters. The van der Waals surface area contributed by atoms with Crippen LogP contribution in [0.2, 0.25) is 5.02 Å². The van der Waals surface area contributed by atoms with E-state index in [1.54, 1.807) is 7.11 Å². The third kappa shape index (κ3) is 3.41. The molecule has 24 heavy (non-hydrogen) atoms. The second kappa shape index (κ2) is 7.27. The van der Waals surface area contributed by atoms with E-state index in [9.17, 15) is 4.79 Å². The van der Waals surface area contributed by atoms with Crippen molar-refractivity contribution in [2.24, 2.45) is 0 Å². The van der Waals surface area contributed by atoms with Gasteiger partial charge in [-0.05, 0) is 54.7 Å². The van der Waals surface area contributed by atoms with E-state index < -0.39 is 0 Å². The number of hydrogen-bond donors (Lipinski definition) is 1. The highest BCUT2D eigenvalue weighted by Crippen LogP contribution is 2.44. The lowest BCUT2D eigenvalue weighted by Gasteiger charge is -2.40. The monoisotopic (exact) mass is 343 g/mol. The standard InChI is InChI=1S/C20H22ClNO2/c1-24-18-9-3-15(4-10-18)11-14-22-19(23)20(12-2-13-20)16-5-7-17(21)8-6-16/h3-10H,2,11-14H2,1H3,(H,22,23). The summed E-state index contributed by atoms with van der Waals surface area (Å²) in [5, 5.41) is 3.81. The van der Waals surface area contributed by atoms with Gasteiger partial charge in [0, 0.05) is 11.6 Å². The van der Waals surface area contributed by atoms with Crippen LogP contribution < -0.4 is 10.1 Å². The number of rotatable bonds is 6. The molecular formula is C20H22ClNO2. The number of benzene rings is 2. The molecular weight excluding hydrogens is 322 g/mol. The zero-order valence-electron chi connectivity index (χ0n) is 13.8. The first kappa shape index (κ1) is 16.8. The molecule has 126 valence electrons. The fraction of sp³-hybridized carbons (Fsp3) is 0.350. The molecule has 1 aliphatic carbocycles. The third-order valence-electron chi connectivity index (χ3n) is 4.90. The Morgan fingerprint density at radius 3 is 2.33 bits per heavy atom. The summed E-state index contributed by atoms with van der Waals surface area (Å²) in [6.07, 6.45) is 3.72. The fourth-order valence-electron chi connectivity index (χ4n) is 3.23. The molecule has 2 aromatic rings. The molecule has 0 unspecified atom stereocenters. The van der Waals surface area contributed by atoms with Gasteiger partial charge in [-0.25, -0.2) is 0 Å². The number of halogens is 1. The van der Waals surface area contributed by atoms with Crippen molar-refractivity contribution in [3.05, 3.63) is 64.7 Å². The Hall–Kier alpha value is -2.00. The maximum absolute atomic E-state index is 12.8. The summed E-state index contributed by atoms with van der Waals surface area (Å²) in [5.74, 6) is 0.975. The van der Waals surface area contributed by atoms with Crippen LogP contribution in [0.5, 0.6) is 5.75 Å². The molecule has 2 aromatic carbocycles. The average Bonchev–Trinajstić information content (AvgIpc) is 2.56. The van der Waals surface area contributed by atoms with Crippen LogP contribution >= 0.6 is 11.6 Å². The van der Waals surface area contributed by atoms with E-state index in [0.717, 1.165) is 37.0 Å². The predicted molar refractivity (Wildman–Crippen MR) is 96.7 cm³/mol. The first-order valence-electron chi connectivity index (χ1n) is 8.31. The van der Waals surface area contributed by atoms with Gasteiger partial charge >= 0.3 is 0 Å². The van der Waals surface area contributed by atoms with Crippen LogP contribution in [-0.4, -0.2) is 19.6 Å². The molecule has 0 aromatic heterocycles. The van der Waals surface area contributed by atoms with E-state index in [-0.39, 0.29) is 11.3 Å². The van der Waals surface area contributed by atoms with Crippen LogP contribution in [0.25, 0.3) is 0 Å². The Bertz CT molecular complexity index is 691. The first-order chi connectivity index (χ1) is 11.6. The minimum absolute atomic E-state index is 0.129. The number of nitrogens with one attached hydrogen (secondary N) is 1. The zero-order chi connectivity index (χ0) is 17.0. The molecule has 1 amide bonds. The Kier molecular flexibility index (Phi) is 5.10. The summed E-state index contributed by atoms with van der Waals surface area (Å²) in [6.45, 7) is 0.639. The topological polar surface area (TPSA) is 38.3 Å². The van der Waals surface area contributed by atoms with E-state index in [4.69, 9.17) is 16.3 Å². The van der Waals surface area contributed by atoms with Crippen molar-refractivity contribution in [1.82, 2.24) is 5.32 Å². The summed E-state index contributed by atoms with van der Waals surface area (Å²) in [5.41, 5.74) is 1.88. The van der Waals surface area contributed by atoms with E-state index in [0.29, 0.717) is 11.6 Å². The van der Waals surface area contributed by atoms with Crippen LogP contribution in [0.3, 0.4) is 0 Å². The van der Waals surface area contributed by atoms with Gasteiger partial charge in [-0.15, -0.1) is 0 Å². The lowest BCUT2D eigenvalue weighted by Crippen LogP contribution is -2.49. The molecule has 1 fully saturated rings. The first-order valence-corrected chi connectivity index (χ1v) is 8.69. The molecule has 1 saturated carbocycles. The van der Waals surface area contributed by atoms with E-state index in [1.807, 2.05) is 48.5 Å². The summed E-state index contributed by atoms with van der Waals surface area (Å²) >= 11 is 5.97. The summed E-state index contributed by atoms with van der Waals surface area (Å²) in [6, 6.07) is 15.6. The molecule has 0 aliphatic heterocycles. The maximum atomic E-state index is 12.8. The van der Waals surface area contributed by atoms with Gasteiger partial charge in [-0.3, -0.25) is 4.79 Å². The summed E-state index contributed by atoms with van der Waals surface area (Å²) in [4.78, 5) is 12.8. The minimum Gasteiger partial charge on any atom is -0.497 e. The Morgan fingerprint density at radius 1 is 1.12 bits per heavy atom. The lowest BCUT2D eigenvalue weighted by atomic mass is 9.64. The molecule has 0 bridgehead atoms. The summed E-state index contributed by atoms with van der Waals surface area (Å²) in [7, 11) is 1.66. The number of carbonyl (C=O) groups excluding carboxylic acids is 1. The van der Waals surface area contributed by atoms with Gasteiger partial charge < -0.3 is 10.1 Å². The van der Waals surface area contributed by atoms with Crippen molar-refractivity contribution >= 4 is 17.5 Å². The smallest absolute Gasteiger partial charge is 0.230 e. The van der Waals surface area contributed by atoms with Gasteiger partial charge in [0.15, 0.2) is 0 Å². The van der Waals surface area contributed by atoms with Crippen molar-refractivity contribution in [2.45, 2.75) is 31.1 Å². The highest BCUT2D eigenvalue weighted by molar-refractivity contribution is 6.30. The number of ether oxygens (including phenoxy) is 1. The van der Waals surface area contributed by atoms with Crippen LogP contribution in [-0.2, 0) is 16.6 Å². The summed E-state index contributed by atoms with van der Waals surface area (Å²) < 4.78 is 5.16. The van der Waals surface area contributed by atoms with Gasteiger partial charge in [0.05, 0.1) is 12.5 Å². The number of methoxy groups -OCH3 is 1. The van der Waals surface area contributed by atoms with Crippen molar-refractivity contribution in [3.63, 3.8) is 0 Å². The van der Waals surface area contributed by atoms with Crippen LogP contribution in [0.4, 0.5) is 0 Å². The van der Waals surface area contributed by atoms with Gasteiger partial charge in [-0.1, -0.05) is 42.3 Å². The molecule has 3 rings (SSSR count). The highest BCUT2D eigenvalue weighted by Gasteiger charge is 2.45. The van der Waals surface area contributed by atoms with E-state index in [1.165, 1.54) is 5.56 Å². The SMILES string of the molecule is COc1ccc(CCNC(=O)C2(c3ccc(Cl)cc3)CCC2)cc1.